The first kappa shape index (κ1) is 8.97. The van der Waals surface area contributed by atoms with Crippen LogP contribution in [0.1, 0.15) is 26.7 Å². The molecule has 0 aliphatic heterocycles. The van der Waals surface area contributed by atoms with Crippen LogP contribution in [0.2, 0.25) is 0 Å². The van der Waals surface area contributed by atoms with Crippen molar-refractivity contribution in [1.29, 1.82) is 5.26 Å². The van der Waals surface area contributed by atoms with E-state index in [9.17, 15) is 0 Å². The molecule has 0 spiro atoms. The number of hydrogen-bond acceptors (Lipinski definition) is 1. The van der Waals surface area contributed by atoms with Crippen molar-refractivity contribution in [3.63, 3.8) is 0 Å². The maximum atomic E-state index is 8.19. The van der Waals surface area contributed by atoms with Crippen LogP contribution in [0.4, 0.5) is 0 Å². The smallest absolute Gasteiger partial charge is 0.0663 e. The Balaban J connectivity index is 3.68. The van der Waals surface area contributed by atoms with Crippen LogP contribution in [0.25, 0.3) is 0 Å². The average molecular weight is 135 g/mol. The number of allylic oxidation sites excluding steroid dienone is 4. The Kier molecular flexibility index (Phi) is 5.47. The molecule has 0 aromatic heterocycles. The van der Waals surface area contributed by atoms with Gasteiger partial charge in [-0.25, -0.2) is 0 Å². The molecular weight excluding hydrogens is 122 g/mol. The highest BCUT2D eigenvalue weighted by Gasteiger charge is 1.77. The highest BCUT2D eigenvalue weighted by Crippen LogP contribution is 1.97. The normalized spacial score (nSPS) is 11.9. The fourth-order valence-electron chi connectivity index (χ4n) is 0.688. The molecule has 0 aliphatic rings. The summed E-state index contributed by atoms with van der Waals surface area (Å²) in [7, 11) is 0. The van der Waals surface area contributed by atoms with Gasteiger partial charge in [-0.1, -0.05) is 30.7 Å². The van der Waals surface area contributed by atoms with Crippen LogP contribution in [-0.2, 0) is 0 Å². The zero-order chi connectivity index (χ0) is 7.82. The standard InChI is InChI=1S/C9H13N/c1-3-6-9(2)7-4-5-8-10/h4,6-7H,3,5H2,1-2H3/b7-4-,9-6-. The fraction of sp³-hybridized carbons (Fsp3) is 0.444. The Morgan fingerprint density at radius 1 is 1.60 bits per heavy atom. The highest BCUT2D eigenvalue weighted by atomic mass is 14.2. The second-order valence-electron chi connectivity index (χ2n) is 2.12. The van der Waals surface area contributed by atoms with Gasteiger partial charge in [0.05, 0.1) is 12.5 Å². The zero-order valence-electron chi connectivity index (χ0n) is 6.59. The topological polar surface area (TPSA) is 23.8 Å². The Morgan fingerprint density at radius 2 is 2.30 bits per heavy atom. The summed E-state index contributed by atoms with van der Waals surface area (Å²) in [4.78, 5) is 0. The molecule has 0 aliphatic carbocycles. The summed E-state index contributed by atoms with van der Waals surface area (Å²) < 4.78 is 0. The van der Waals surface area contributed by atoms with E-state index in [4.69, 9.17) is 5.26 Å². The van der Waals surface area contributed by atoms with Crippen molar-refractivity contribution in [2.75, 3.05) is 0 Å². The average Bonchev–Trinajstić information content (AvgIpc) is 1.89. The Morgan fingerprint density at radius 3 is 2.80 bits per heavy atom. The van der Waals surface area contributed by atoms with Gasteiger partial charge in [-0.15, -0.1) is 0 Å². The third kappa shape index (κ3) is 5.11. The maximum Gasteiger partial charge on any atom is 0.0663 e. The van der Waals surface area contributed by atoms with Gasteiger partial charge in [0.2, 0.25) is 0 Å². The van der Waals surface area contributed by atoms with Crippen LogP contribution in [0.15, 0.2) is 23.8 Å². The maximum absolute atomic E-state index is 8.19. The third-order valence-electron chi connectivity index (χ3n) is 1.12. The van der Waals surface area contributed by atoms with E-state index >= 15 is 0 Å². The van der Waals surface area contributed by atoms with E-state index in [-0.39, 0.29) is 0 Å². The summed E-state index contributed by atoms with van der Waals surface area (Å²) in [6.45, 7) is 4.14. The lowest BCUT2D eigenvalue weighted by molar-refractivity contribution is 1.19. The van der Waals surface area contributed by atoms with Crippen LogP contribution < -0.4 is 0 Å². The van der Waals surface area contributed by atoms with E-state index in [1.807, 2.05) is 19.1 Å². The molecule has 0 saturated carbocycles. The predicted octanol–water partition coefficient (Wildman–Crippen LogP) is 2.81. The lowest BCUT2D eigenvalue weighted by Gasteiger charge is -1.86. The predicted molar refractivity (Wildman–Crippen MR) is 43.4 cm³/mol. The summed E-state index contributed by atoms with van der Waals surface area (Å²) >= 11 is 0. The second-order valence-corrected chi connectivity index (χ2v) is 2.12. The van der Waals surface area contributed by atoms with Gasteiger partial charge in [-0.05, 0) is 13.3 Å². The van der Waals surface area contributed by atoms with Crippen LogP contribution in [0.5, 0.6) is 0 Å². The second kappa shape index (κ2) is 6.10. The minimum atomic E-state index is 0.509. The summed E-state index contributed by atoms with van der Waals surface area (Å²) in [6.07, 6.45) is 7.56. The molecule has 0 amide bonds. The quantitative estimate of drug-likeness (QED) is 0.546. The molecule has 0 saturated heterocycles. The van der Waals surface area contributed by atoms with Gasteiger partial charge in [0.25, 0.3) is 0 Å². The summed E-state index contributed by atoms with van der Waals surface area (Å²) in [5.74, 6) is 0. The van der Waals surface area contributed by atoms with Gasteiger partial charge in [0.1, 0.15) is 0 Å². The van der Waals surface area contributed by atoms with E-state index in [0.717, 1.165) is 6.42 Å². The molecule has 54 valence electrons. The minimum Gasteiger partial charge on any atom is -0.198 e. The molecule has 0 heterocycles. The number of rotatable bonds is 3. The minimum absolute atomic E-state index is 0.509. The van der Waals surface area contributed by atoms with Crippen LogP contribution in [0, 0.1) is 11.3 Å². The van der Waals surface area contributed by atoms with Crippen LogP contribution in [-0.4, -0.2) is 0 Å². The van der Waals surface area contributed by atoms with Crippen LogP contribution >= 0.6 is 0 Å². The SMILES string of the molecule is CC/C=C(C)\C=C/CC#N. The summed E-state index contributed by atoms with van der Waals surface area (Å²) in [5.41, 5.74) is 1.23. The molecule has 0 atom stereocenters. The fourth-order valence-corrected chi connectivity index (χ4v) is 0.688. The molecule has 0 aromatic rings. The molecule has 0 N–H and O–H groups in total. The van der Waals surface area contributed by atoms with E-state index in [2.05, 4.69) is 19.1 Å². The molecule has 0 fully saturated rings. The number of nitriles is 1. The first-order chi connectivity index (χ1) is 4.81. The molecule has 0 bridgehead atoms. The van der Waals surface area contributed by atoms with Crippen molar-refractivity contribution in [3.05, 3.63) is 23.8 Å². The zero-order valence-corrected chi connectivity index (χ0v) is 6.59. The van der Waals surface area contributed by atoms with Gasteiger partial charge < -0.3 is 0 Å². The van der Waals surface area contributed by atoms with Crippen molar-refractivity contribution in [1.82, 2.24) is 0 Å². The van der Waals surface area contributed by atoms with E-state index in [0.29, 0.717) is 6.42 Å². The highest BCUT2D eigenvalue weighted by molar-refractivity contribution is 5.16. The van der Waals surface area contributed by atoms with E-state index < -0.39 is 0 Å². The van der Waals surface area contributed by atoms with Crippen molar-refractivity contribution >= 4 is 0 Å². The molecule has 1 nitrogen and oxygen atoms in total. The Labute approximate surface area is 62.7 Å². The van der Waals surface area contributed by atoms with Crippen molar-refractivity contribution < 1.29 is 0 Å². The first-order valence-corrected chi connectivity index (χ1v) is 3.51. The molecule has 0 unspecified atom stereocenters. The largest absolute Gasteiger partial charge is 0.198 e. The van der Waals surface area contributed by atoms with E-state index in [1.54, 1.807) is 0 Å². The summed E-state index contributed by atoms with van der Waals surface area (Å²) in [6, 6.07) is 2.05. The van der Waals surface area contributed by atoms with Gasteiger partial charge in [0.15, 0.2) is 0 Å². The van der Waals surface area contributed by atoms with Gasteiger partial charge in [-0.2, -0.15) is 5.26 Å². The summed E-state index contributed by atoms with van der Waals surface area (Å²) in [5, 5.41) is 8.19. The monoisotopic (exact) mass is 135 g/mol. The Hall–Kier alpha value is -1.03. The lowest BCUT2D eigenvalue weighted by Crippen LogP contribution is -1.66. The van der Waals surface area contributed by atoms with Crippen molar-refractivity contribution in [3.8, 4) is 6.07 Å². The molecule has 0 aromatic carbocycles. The van der Waals surface area contributed by atoms with Gasteiger partial charge >= 0.3 is 0 Å². The van der Waals surface area contributed by atoms with Gasteiger partial charge in [-0.3, -0.25) is 0 Å². The molecular formula is C9H13N. The number of nitrogens with zero attached hydrogens (tertiary/aromatic N) is 1. The molecule has 10 heavy (non-hydrogen) atoms. The van der Waals surface area contributed by atoms with E-state index in [1.165, 1.54) is 5.57 Å². The molecule has 1 heteroatoms. The van der Waals surface area contributed by atoms with Crippen molar-refractivity contribution in [2.45, 2.75) is 26.7 Å². The van der Waals surface area contributed by atoms with Crippen LogP contribution in [0.3, 0.4) is 0 Å². The van der Waals surface area contributed by atoms with Crippen molar-refractivity contribution in [2.24, 2.45) is 0 Å². The van der Waals surface area contributed by atoms with Gasteiger partial charge in [0, 0.05) is 0 Å². The lowest BCUT2D eigenvalue weighted by atomic mass is 10.2. The molecule has 0 radical (unpaired) electrons. The third-order valence-corrected chi connectivity index (χ3v) is 1.12. The Bertz CT molecular complexity index is 170. The number of hydrogen-bond donors (Lipinski definition) is 0. The molecule has 0 rings (SSSR count). The first-order valence-electron chi connectivity index (χ1n) is 3.51.